The molecule has 0 aliphatic heterocycles. The van der Waals surface area contributed by atoms with Crippen LogP contribution in [0.4, 0.5) is 0 Å². The molecule has 0 aliphatic rings. The number of methoxy groups -OCH3 is 3. The Hall–Kier alpha value is -5.43. The van der Waals surface area contributed by atoms with Gasteiger partial charge in [0.25, 0.3) is 0 Å². The van der Waals surface area contributed by atoms with Crippen molar-refractivity contribution in [3.05, 3.63) is 109 Å². The average molecular weight is 747 g/mol. The maximum Gasteiger partial charge on any atom is 0.337 e. The summed E-state index contributed by atoms with van der Waals surface area (Å²) >= 11 is 0. The van der Waals surface area contributed by atoms with Crippen LogP contribution in [0.3, 0.4) is 0 Å². The maximum atomic E-state index is 11.7. The Morgan fingerprint density at radius 3 is 1.06 bits per heavy atom. The molecule has 0 N–H and O–H groups in total. The molecule has 12 heteroatoms. The largest absolute Gasteiger partial charge is 0.494 e. The summed E-state index contributed by atoms with van der Waals surface area (Å²) in [6.45, 7) is 14.6. The van der Waals surface area contributed by atoms with E-state index in [0.29, 0.717) is 106 Å². The molecule has 0 heterocycles. The smallest absolute Gasteiger partial charge is 0.337 e. The van der Waals surface area contributed by atoms with Crippen LogP contribution in [-0.4, -0.2) is 98.2 Å². The molecule has 3 aromatic rings. The van der Waals surface area contributed by atoms with Crippen molar-refractivity contribution in [2.24, 2.45) is 0 Å². The zero-order valence-corrected chi connectivity index (χ0v) is 31.3. The first kappa shape index (κ1) is 43.0. The molecule has 3 rings (SSSR count). The Labute approximate surface area is 317 Å². The molecule has 0 aromatic heterocycles. The number of rotatable bonds is 26. The molecule has 0 aliphatic carbocycles. The summed E-state index contributed by atoms with van der Waals surface area (Å²) in [6.07, 6.45) is 1.63. The predicted molar refractivity (Wildman–Crippen MR) is 204 cm³/mol. The van der Waals surface area contributed by atoms with Gasteiger partial charge in [-0.1, -0.05) is 56.1 Å². The monoisotopic (exact) mass is 746 g/mol. The van der Waals surface area contributed by atoms with E-state index < -0.39 is 17.9 Å². The number of hydrogen-bond donors (Lipinski definition) is 0. The van der Waals surface area contributed by atoms with Crippen LogP contribution in [0.15, 0.2) is 92.5 Å². The molecule has 0 saturated carbocycles. The Morgan fingerprint density at radius 1 is 0.463 bits per heavy atom. The highest BCUT2D eigenvalue weighted by molar-refractivity contribution is 6.16. The van der Waals surface area contributed by atoms with Crippen molar-refractivity contribution in [2.75, 3.05) is 74.2 Å². The van der Waals surface area contributed by atoms with E-state index in [9.17, 15) is 14.4 Å². The van der Waals surface area contributed by atoms with Gasteiger partial charge in [-0.3, -0.25) is 0 Å². The highest BCUT2D eigenvalue weighted by Crippen LogP contribution is 2.21. The van der Waals surface area contributed by atoms with Crippen LogP contribution in [0.5, 0.6) is 17.2 Å². The molecule has 54 heavy (non-hydrogen) atoms. The van der Waals surface area contributed by atoms with E-state index in [1.807, 2.05) is 0 Å². The lowest BCUT2D eigenvalue weighted by molar-refractivity contribution is -0.134. The van der Waals surface area contributed by atoms with E-state index in [1.165, 1.54) is 21.3 Å². The predicted octanol–water partition coefficient (Wildman–Crippen LogP) is 6.37. The molecule has 0 atom stereocenters. The fraction of sp³-hybridized carbons (Fsp3) is 0.357. The average Bonchev–Trinajstić information content (AvgIpc) is 3.21. The van der Waals surface area contributed by atoms with Crippen molar-refractivity contribution in [2.45, 2.75) is 25.4 Å². The number of esters is 3. The van der Waals surface area contributed by atoms with Crippen LogP contribution in [0, 0.1) is 0 Å². The van der Waals surface area contributed by atoms with E-state index >= 15 is 0 Å². The highest BCUT2D eigenvalue weighted by Gasteiger charge is 2.13. The summed E-state index contributed by atoms with van der Waals surface area (Å²) in [5.74, 6) is 0.558. The Morgan fingerprint density at radius 2 is 0.759 bits per heavy atom. The van der Waals surface area contributed by atoms with Crippen LogP contribution >= 0.6 is 0 Å². The van der Waals surface area contributed by atoms with Crippen molar-refractivity contribution in [1.82, 2.24) is 0 Å². The minimum absolute atomic E-state index is 0.276. The lowest BCUT2D eigenvalue weighted by Gasteiger charge is -2.19. The van der Waals surface area contributed by atoms with Crippen LogP contribution in [0.1, 0.15) is 36.0 Å². The van der Waals surface area contributed by atoms with Gasteiger partial charge in [0.05, 0.1) is 77.7 Å². The van der Waals surface area contributed by atoms with Gasteiger partial charge >= 0.3 is 17.9 Å². The van der Waals surface area contributed by atoms with Gasteiger partial charge in [-0.25, -0.2) is 14.4 Å². The lowest BCUT2D eigenvalue weighted by atomic mass is 10.1. The van der Waals surface area contributed by atoms with Crippen LogP contribution in [-0.2, 0) is 42.8 Å². The van der Waals surface area contributed by atoms with Gasteiger partial charge in [-0.2, -0.15) is 0 Å². The molecule has 290 valence electrons. The van der Waals surface area contributed by atoms with E-state index in [4.69, 9.17) is 42.6 Å². The number of ether oxygens (including phenoxy) is 9. The van der Waals surface area contributed by atoms with Crippen molar-refractivity contribution in [3.8, 4) is 17.2 Å². The number of benzene rings is 3. The minimum Gasteiger partial charge on any atom is -0.494 e. The summed E-state index contributed by atoms with van der Waals surface area (Å²) in [7, 11) is 3.95. The molecule has 12 nitrogen and oxygen atoms in total. The Bertz CT molecular complexity index is 1560. The van der Waals surface area contributed by atoms with Crippen molar-refractivity contribution < 1.29 is 57.0 Å². The molecule has 0 fully saturated rings. The topological polar surface area (TPSA) is 134 Å². The first-order valence-electron chi connectivity index (χ1n) is 17.4. The molecular formula is C42H50O12. The fourth-order valence-electron chi connectivity index (χ4n) is 4.76. The minimum atomic E-state index is -0.481. The van der Waals surface area contributed by atoms with Gasteiger partial charge in [-0.15, -0.1) is 0 Å². The Kier molecular flexibility index (Phi) is 19.1. The van der Waals surface area contributed by atoms with E-state index in [2.05, 4.69) is 19.7 Å². The maximum absolute atomic E-state index is 11.7. The van der Waals surface area contributed by atoms with Gasteiger partial charge in [0.1, 0.15) is 23.4 Å². The van der Waals surface area contributed by atoms with Crippen molar-refractivity contribution >= 4 is 34.6 Å². The summed E-state index contributed by atoms with van der Waals surface area (Å²) < 4.78 is 49.5. The summed E-state index contributed by atoms with van der Waals surface area (Å²) in [6, 6.07) is 21.2. The van der Waals surface area contributed by atoms with Gasteiger partial charge in [0.15, 0.2) is 0 Å². The van der Waals surface area contributed by atoms with Crippen LogP contribution in [0.2, 0.25) is 0 Å². The number of carbonyl (C=O) groups is 3. The molecule has 0 spiro atoms. The molecule has 0 unspecified atom stereocenters. The first-order chi connectivity index (χ1) is 26.2. The zero-order chi connectivity index (χ0) is 39.1. The summed E-state index contributed by atoms with van der Waals surface area (Å²) in [5, 5.41) is 0. The van der Waals surface area contributed by atoms with Crippen LogP contribution in [0.25, 0.3) is 16.7 Å². The second-order valence-electron chi connectivity index (χ2n) is 11.7. The second kappa shape index (κ2) is 24.0. The third-order valence-corrected chi connectivity index (χ3v) is 7.83. The van der Waals surface area contributed by atoms with Crippen molar-refractivity contribution in [3.63, 3.8) is 0 Å². The SMILES string of the molecule is C=C(C(=O)OC)c1ccc(OCCCOCC(COCCCOc2ccc(C(=C)C(=O)OC)cc2)OCCCOc2ccc(C(=C)C(=O)OC)cc2)cc1. The molecule has 0 radical (unpaired) electrons. The highest BCUT2D eigenvalue weighted by atomic mass is 16.6. The lowest BCUT2D eigenvalue weighted by Crippen LogP contribution is -2.27. The van der Waals surface area contributed by atoms with Gasteiger partial charge < -0.3 is 42.6 Å². The normalized spacial score (nSPS) is 10.7. The first-order valence-corrected chi connectivity index (χ1v) is 17.4. The van der Waals surface area contributed by atoms with Gasteiger partial charge in [-0.05, 0) is 53.1 Å². The standard InChI is InChI=1S/C42H50O12/c1-30(40(43)46-4)33-10-16-36(17-11-33)51-24-7-22-49-28-39(54-27-9-26-53-38-20-14-35(15-21-38)32(3)42(45)48-6)29-50-23-8-25-52-37-18-12-34(13-19-37)31(2)41(44)47-5/h10-21,39H,1-3,7-9,22-29H2,4-6H3. The Balaban J connectivity index is 1.39. The molecule has 0 saturated heterocycles. The number of hydrogen-bond acceptors (Lipinski definition) is 12. The van der Waals surface area contributed by atoms with Gasteiger partial charge in [0, 0.05) is 32.5 Å². The molecular weight excluding hydrogens is 696 g/mol. The van der Waals surface area contributed by atoms with E-state index in [1.54, 1.807) is 72.8 Å². The van der Waals surface area contributed by atoms with Crippen LogP contribution < -0.4 is 14.2 Å². The molecule has 0 bridgehead atoms. The molecule has 3 aromatic carbocycles. The summed E-state index contributed by atoms with van der Waals surface area (Å²) in [4.78, 5) is 35.1. The van der Waals surface area contributed by atoms with E-state index in [0.717, 1.165) is 0 Å². The zero-order valence-electron chi connectivity index (χ0n) is 31.3. The van der Waals surface area contributed by atoms with E-state index in [-0.39, 0.29) is 22.8 Å². The second-order valence-corrected chi connectivity index (χ2v) is 11.7. The number of carbonyl (C=O) groups excluding carboxylic acids is 3. The third-order valence-electron chi connectivity index (χ3n) is 7.83. The van der Waals surface area contributed by atoms with Crippen molar-refractivity contribution in [1.29, 1.82) is 0 Å². The van der Waals surface area contributed by atoms with Gasteiger partial charge in [0.2, 0.25) is 0 Å². The summed E-state index contributed by atoms with van der Waals surface area (Å²) in [5.41, 5.74) is 2.83. The fourth-order valence-corrected chi connectivity index (χ4v) is 4.76. The third kappa shape index (κ3) is 14.9. The quantitative estimate of drug-likeness (QED) is 0.0391. The molecule has 0 amide bonds.